The summed E-state index contributed by atoms with van der Waals surface area (Å²) < 4.78 is 12.7. The summed E-state index contributed by atoms with van der Waals surface area (Å²) in [5.74, 6) is -0.218. The van der Waals surface area contributed by atoms with Crippen LogP contribution < -0.4 is 5.73 Å². The quantitative estimate of drug-likeness (QED) is 0.599. The number of rotatable bonds is 2. The predicted octanol–water partition coefficient (Wildman–Crippen LogP) is 3.58. The second-order valence-corrected chi connectivity index (χ2v) is 3.55. The summed E-state index contributed by atoms with van der Waals surface area (Å²) >= 11 is 0. The molecule has 16 heavy (non-hydrogen) atoms. The molecule has 1 nitrogen and oxygen atoms in total. The van der Waals surface area contributed by atoms with Crippen molar-refractivity contribution in [2.75, 3.05) is 5.73 Å². The Bertz CT molecular complexity index is 436. The zero-order valence-electron chi connectivity index (χ0n) is 8.73. The van der Waals surface area contributed by atoms with Crippen molar-refractivity contribution in [2.45, 2.75) is 0 Å². The summed E-state index contributed by atoms with van der Waals surface area (Å²) in [5, 5.41) is 0. The van der Waals surface area contributed by atoms with E-state index in [2.05, 4.69) is 0 Å². The molecule has 0 amide bonds. The summed E-state index contributed by atoms with van der Waals surface area (Å²) in [7, 11) is 0. The van der Waals surface area contributed by atoms with Crippen LogP contribution in [0.4, 0.5) is 10.1 Å². The topological polar surface area (TPSA) is 26.0 Å². The Balaban J connectivity index is 2.15. The van der Waals surface area contributed by atoms with E-state index < -0.39 is 0 Å². The van der Waals surface area contributed by atoms with Gasteiger partial charge in [-0.2, -0.15) is 0 Å². The van der Waals surface area contributed by atoms with Crippen LogP contribution in [0.2, 0.25) is 0 Å². The average molecular weight is 213 g/mol. The van der Waals surface area contributed by atoms with Gasteiger partial charge in [0.15, 0.2) is 0 Å². The van der Waals surface area contributed by atoms with E-state index in [1.54, 1.807) is 12.1 Å². The van der Waals surface area contributed by atoms with Crippen molar-refractivity contribution in [1.82, 2.24) is 0 Å². The Morgan fingerprint density at radius 1 is 0.750 bits per heavy atom. The molecule has 0 unspecified atom stereocenters. The molecule has 2 aromatic carbocycles. The van der Waals surface area contributed by atoms with Gasteiger partial charge < -0.3 is 5.73 Å². The predicted molar refractivity (Wildman–Crippen MR) is 66.2 cm³/mol. The molecular weight excluding hydrogens is 201 g/mol. The highest BCUT2D eigenvalue weighted by Gasteiger charge is 1.90. The molecule has 2 N–H and O–H groups in total. The van der Waals surface area contributed by atoms with Crippen LogP contribution in [-0.2, 0) is 0 Å². The van der Waals surface area contributed by atoms with Crippen LogP contribution in [0.3, 0.4) is 0 Å². The van der Waals surface area contributed by atoms with E-state index in [1.165, 1.54) is 12.1 Å². The molecular formula is C14H12FN. The highest BCUT2D eigenvalue weighted by Crippen LogP contribution is 2.11. The Kier molecular flexibility index (Phi) is 3.01. The second kappa shape index (κ2) is 4.62. The normalized spacial score (nSPS) is 10.8. The number of nitrogen functional groups attached to an aromatic ring is 1. The Labute approximate surface area is 94.0 Å². The first-order valence-corrected chi connectivity index (χ1v) is 5.03. The maximum Gasteiger partial charge on any atom is 0.123 e. The van der Waals surface area contributed by atoms with Crippen LogP contribution in [0.5, 0.6) is 0 Å². The lowest BCUT2D eigenvalue weighted by molar-refractivity contribution is 0.628. The van der Waals surface area contributed by atoms with Gasteiger partial charge in [0.1, 0.15) is 5.82 Å². The second-order valence-electron chi connectivity index (χ2n) is 3.55. The van der Waals surface area contributed by atoms with E-state index in [1.807, 2.05) is 36.4 Å². The summed E-state index contributed by atoms with van der Waals surface area (Å²) in [6.07, 6.45) is 3.90. The molecule has 0 bridgehead atoms. The molecule has 0 aliphatic carbocycles. The standard InChI is InChI=1S/C14H12FN/c15-13-7-3-11(4-8-13)1-2-12-5-9-14(16)10-6-12/h1-10H,16H2/b2-1-. The fourth-order valence-electron chi connectivity index (χ4n) is 1.37. The highest BCUT2D eigenvalue weighted by atomic mass is 19.1. The lowest BCUT2D eigenvalue weighted by Gasteiger charge is -1.95. The van der Waals surface area contributed by atoms with E-state index in [0.29, 0.717) is 0 Å². The van der Waals surface area contributed by atoms with Crippen molar-refractivity contribution >= 4 is 17.8 Å². The smallest absolute Gasteiger partial charge is 0.123 e. The van der Waals surface area contributed by atoms with E-state index in [0.717, 1.165) is 16.8 Å². The number of hydrogen-bond acceptors (Lipinski definition) is 1. The Morgan fingerprint density at radius 2 is 1.19 bits per heavy atom. The van der Waals surface area contributed by atoms with Crippen LogP contribution in [0.1, 0.15) is 11.1 Å². The van der Waals surface area contributed by atoms with Gasteiger partial charge in [0.25, 0.3) is 0 Å². The van der Waals surface area contributed by atoms with Crippen molar-refractivity contribution in [3.8, 4) is 0 Å². The number of nitrogens with two attached hydrogens (primary N) is 1. The van der Waals surface area contributed by atoms with Crippen LogP contribution in [0.25, 0.3) is 12.2 Å². The first kappa shape index (κ1) is 10.4. The van der Waals surface area contributed by atoms with E-state index in [-0.39, 0.29) is 5.82 Å². The Hall–Kier alpha value is -2.09. The fraction of sp³-hybridized carbons (Fsp3) is 0. The maximum absolute atomic E-state index is 12.7. The highest BCUT2D eigenvalue weighted by molar-refractivity contribution is 5.70. The van der Waals surface area contributed by atoms with Crippen LogP contribution >= 0.6 is 0 Å². The van der Waals surface area contributed by atoms with Gasteiger partial charge in [-0.1, -0.05) is 36.4 Å². The molecule has 0 aromatic heterocycles. The first-order valence-electron chi connectivity index (χ1n) is 5.03. The molecule has 2 rings (SSSR count). The van der Waals surface area contributed by atoms with Gasteiger partial charge in [-0.25, -0.2) is 4.39 Å². The number of benzene rings is 2. The third-order valence-corrected chi connectivity index (χ3v) is 2.27. The monoisotopic (exact) mass is 213 g/mol. The van der Waals surface area contributed by atoms with E-state index >= 15 is 0 Å². The van der Waals surface area contributed by atoms with Crippen molar-refractivity contribution in [1.29, 1.82) is 0 Å². The minimum absolute atomic E-state index is 0.218. The van der Waals surface area contributed by atoms with Crippen molar-refractivity contribution in [3.63, 3.8) is 0 Å². The number of halogens is 1. The van der Waals surface area contributed by atoms with Gasteiger partial charge in [0, 0.05) is 5.69 Å². The summed E-state index contributed by atoms with van der Waals surface area (Å²) in [5.41, 5.74) is 8.37. The van der Waals surface area contributed by atoms with Gasteiger partial charge in [0.2, 0.25) is 0 Å². The number of anilines is 1. The zero-order valence-corrected chi connectivity index (χ0v) is 8.73. The summed E-state index contributed by atoms with van der Waals surface area (Å²) in [6, 6.07) is 14.0. The largest absolute Gasteiger partial charge is 0.399 e. The summed E-state index contributed by atoms with van der Waals surface area (Å²) in [4.78, 5) is 0. The van der Waals surface area contributed by atoms with E-state index in [9.17, 15) is 4.39 Å². The Morgan fingerprint density at radius 3 is 1.69 bits per heavy atom. The third kappa shape index (κ3) is 2.70. The molecule has 0 heterocycles. The van der Waals surface area contributed by atoms with Gasteiger partial charge >= 0.3 is 0 Å². The molecule has 2 aromatic rings. The molecule has 0 fully saturated rings. The molecule has 0 spiro atoms. The SMILES string of the molecule is Nc1ccc(/C=C\c2ccc(F)cc2)cc1. The van der Waals surface area contributed by atoms with Crippen LogP contribution in [0.15, 0.2) is 48.5 Å². The van der Waals surface area contributed by atoms with Crippen molar-refractivity contribution < 1.29 is 4.39 Å². The molecule has 2 heteroatoms. The van der Waals surface area contributed by atoms with Crippen molar-refractivity contribution in [2.24, 2.45) is 0 Å². The van der Waals surface area contributed by atoms with Gasteiger partial charge in [-0.3, -0.25) is 0 Å². The molecule has 0 saturated carbocycles. The third-order valence-electron chi connectivity index (χ3n) is 2.27. The molecule has 0 radical (unpaired) electrons. The minimum Gasteiger partial charge on any atom is -0.399 e. The van der Waals surface area contributed by atoms with Crippen LogP contribution in [0, 0.1) is 5.82 Å². The van der Waals surface area contributed by atoms with Crippen molar-refractivity contribution in [3.05, 3.63) is 65.5 Å². The average Bonchev–Trinajstić information content (AvgIpc) is 2.30. The van der Waals surface area contributed by atoms with E-state index in [4.69, 9.17) is 5.73 Å². The molecule has 0 saturated heterocycles. The molecule has 80 valence electrons. The first-order chi connectivity index (χ1) is 7.74. The molecule has 0 aliphatic heterocycles. The fourth-order valence-corrected chi connectivity index (χ4v) is 1.37. The minimum atomic E-state index is -0.218. The number of hydrogen-bond donors (Lipinski definition) is 1. The lowest BCUT2D eigenvalue weighted by Crippen LogP contribution is -1.82. The van der Waals surface area contributed by atoms with Crippen LogP contribution in [-0.4, -0.2) is 0 Å². The van der Waals surface area contributed by atoms with Gasteiger partial charge in [-0.05, 0) is 35.4 Å². The van der Waals surface area contributed by atoms with Gasteiger partial charge in [-0.15, -0.1) is 0 Å². The van der Waals surface area contributed by atoms with Gasteiger partial charge in [0.05, 0.1) is 0 Å². The summed E-state index contributed by atoms with van der Waals surface area (Å²) in [6.45, 7) is 0. The zero-order chi connectivity index (χ0) is 11.4. The molecule has 0 atom stereocenters. The lowest BCUT2D eigenvalue weighted by atomic mass is 10.1. The molecule has 0 aliphatic rings. The maximum atomic E-state index is 12.7.